The van der Waals surface area contributed by atoms with Gasteiger partial charge in [0.1, 0.15) is 0 Å². The van der Waals surface area contributed by atoms with E-state index in [1.807, 2.05) is 0 Å². The number of hydrogen-bond acceptors (Lipinski definition) is 8. The second-order valence-corrected chi connectivity index (χ2v) is 6.83. The van der Waals surface area contributed by atoms with Crippen LogP contribution in [0.15, 0.2) is 0 Å². The summed E-state index contributed by atoms with van der Waals surface area (Å²) in [6, 6.07) is 0. The lowest BCUT2D eigenvalue weighted by molar-refractivity contribution is -0.311. The van der Waals surface area contributed by atoms with Gasteiger partial charge in [0.15, 0.2) is 24.6 Å². The van der Waals surface area contributed by atoms with Crippen LogP contribution >= 0.6 is 0 Å². The Hall–Kier alpha value is -1.67. The van der Waals surface area contributed by atoms with E-state index in [-0.39, 0.29) is 6.10 Å². The number of carbonyl (C=O) groups excluding carboxylic acids is 3. The van der Waals surface area contributed by atoms with Crippen molar-refractivity contribution < 1.29 is 38.1 Å². The van der Waals surface area contributed by atoms with E-state index in [0.29, 0.717) is 0 Å². The minimum atomic E-state index is -1.01. The minimum Gasteiger partial charge on any atom is -0.456 e. The molecule has 0 radical (unpaired) electrons. The van der Waals surface area contributed by atoms with E-state index in [1.165, 1.54) is 27.2 Å². The Labute approximate surface area is 153 Å². The van der Waals surface area contributed by atoms with Crippen molar-refractivity contribution in [2.45, 2.75) is 96.6 Å². The third-order valence-corrected chi connectivity index (χ3v) is 4.51. The monoisotopic (exact) mass is 372 g/mol. The Morgan fingerprint density at radius 1 is 0.769 bits per heavy atom. The molecule has 0 spiro atoms. The highest BCUT2D eigenvalue weighted by Gasteiger charge is 2.51. The summed E-state index contributed by atoms with van der Waals surface area (Å²) in [5.41, 5.74) is 0. The molecular weight excluding hydrogens is 344 g/mol. The van der Waals surface area contributed by atoms with Crippen molar-refractivity contribution in [1.82, 2.24) is 0 Å². The molecule has 2 fully saturated rings. The van der Waals surface area contributed by atoms with E-state index >= 15 is 0 Å². The van der Waals surface area contributed by atoms with Crippen LogP contribution in [0.2, 0.25) is 0 Å². The Kier molecular flexibility index (Phi) is 7.40. The van der Waals surface area contributed by atoms with Crippen LogP contribution in [-0.2, 0) is 38.1 Å². The molecular formula is C18H28O8. The second-order valence-electron chi connectivity index (χ2n) is 6.83. The van der Waals surface area contributed by atoms with Crippen LogP contribution in [-0.4, -0.2) is 54.7 Å². The van der Waals surface area contributed by atoms with Gasteiger partial charge in [0, 0.05) is 20.8 Å². The molecule has 1 aliphatic heterocycles. The van der Waals surface area contributed by atoms with Gasteiger partial charge in [0.25, 0.3) is 0 Å². The fraction of sp³-hybridized carbons (Fsp3) is 0.833. The molecule has 0 bridgehead atoms. The summed E-state index contributed by atoms with van der Waals surface area (Å²) >= 11 is 0. The van der Waals surface area contributed by atoms with E-state index in [0.717, 1.165) is 25.7 Å². The number of hydrogen-bond donors (Lipinski definition) is 0. The van der Waals surface area contributed by atoms with E-state index < -0.39 is 48.6 Å². The van der Waals surface area contributed by atoms with Gasteiger partial charge in [-0.25, -0.2) is 0 Å². The van der Waals surface area contributed by atoms with Gasteiger partial charge in [0.05, 0.1) is 12.2 Å². The van der Waals surface area contributed by atoms with E-state index in [4.69, 9.17) is 23.7 Å². The third-order valence-electron chi connectivity index (χ3n) is 4.51. The van der Waals surface area contributed by atoms with Crippen LogP contribution in [0.5, 0.6) is 0 Å². The van der Waals surface area contributed by atoms with Gasteiger partial charge in [-0.2, -0.15) is 0 Å². The first-order valence-corrected chi connectivity index (χ1v) is 9.10. The molecule has 26 heavy (non-hydrogen) atoms. The van der Waals surface area contributed by atoms with E-state index in [2.05, 4.69) is 0 Å². The van der Waals surface area contributed by atoms with Gasteiger partial charge >= 0.3 is 17.9 Å². The Morgan fingerprint density at radius 3 is 1.81 bits per heavy atom. The van der Waals surface area contributed by atoms with Crippen LogP contribution < -0.4 is 0 Å². The molecule has 8 heteroatoms. The van der Waals surface area contributed by atoms with Crippen LogP contribution in [0.4, 0.5) is 0 Å². The lowest BCUT2D eigenvalue weighted by Crippen LogP contribution is -2.61. The maximum absolute atomic E-state index is 11.6. The minimum absolute atomic E-state index is 0.0118. The summed E-state index contributed by atoms with van der Waals surface area (Å²) < 4.78 is 27.9. The zero-order valence-electron chi connectivity index (χ0n) is 15.8. The quantitative estimate of drug-likeness (QED) is 0.533. The first-order valence-electron chi connectivity index (χ1n) is 9.10. The summed E-state index contributed by atoms with van der Waals surface area (Å²) in [5, 5.41) is 0. The van der Waals surface area contributed by atoms with Gasteiger partial charge in [-0.05, 0) is 19.8 Å². The Morgan fingerprint density at radius 2 is 1.27 bits per heavy atom. The Balaban J connectivity index is 2.23. The highest BCUT2D eigenvalue weighted by atomic mass is 16.7. The number of esters is 3. The number of rotatable bonds is 5. The van der Waals surface area contributed by atoms with Crippen molar-refractivity contribution in [3.05, 3.63) is 0 Å². The predicted molar refractivity (Wildman–Crippen MR) is 89.0 cm³/mol. The lowest BCUT2D eigenvalue weighted by Gasteiger charge is -2.44. The normalized spacial score (nSPS) is 32.5. The lowest BCUT2D eigenvalue weighted by atomic mass is 9.96. The average molecular weight is 372 g/mol. The number of carbonyl (C=O) groups is 3. The summed E-state index contributed by atoms with van der Waals surface area (Å²) in [6.45, 7) is 5.45. The highest BCUT2D eigenvalue weighted by molar-refractivity contribution is 5.68. The molecule has 1 aliphatic carbocycles. The summed E-state index contributed by atoms with van der Waals surface area (Å²) in [6.07, 6.45) is 0.671. The van der Waals surface area contributed by atoms with E-state index in [9.17, 15) is 14.4 Å². The Bertz CT molecular complexity index is 513. The summed E-state index contributed by atoms with van der Waals surface area (Å²) in [4.78, 5) is 34.7. The molecule has 8 nitrogen and oxygen atoms in total. The number of ether oxygens (including phenoxy) is 5. The van der Waals surface area contributed by atoms with Crippen molar-refractivity contribution in [3.63, 3.8) is 0 Å². The van der Waals surface area contributed by atoms with Gasteiger partial charge in [0.2, 0.25) is 0 Å². The SMILES string of the molecule is CC(=O)O[C@H]1[C@H](OC(C)=O)[C@@H](OC2CCCCC2)O[C@@H](C)[C@H]1OC(C)=O. The van der Waals surface area contributed by atoms with Gasteiger partial charge in [-0.3, -0.25) is 14.4 Å². The fourth-order valence-electron chi connectivity index (χ4n) is 3.47. The molecule has 0 amide bonds. The highest BCUT2D eigenvalue weighted by Crippen LogP contribution is 2.32. The molecule has 0 aromatic rings. The van der Waals surface area contributed by atoms with Crippen molar-refractivity contribution >= 4 is 17.9 Å². The summed E-state index contributed by atoms with van der Waals surface area (Å²) in [7, 11) is 0. The molecule has 148 valence electrons. The summed E-state index contributed by atoms with van der Waals surface area (Å²) in [5.74, 6) is -1.69. The molecule has 0 aromatic carbocycles. The maximum Gasteiger partial charge on any atom is 0.303 e. The molecule has 1 saturated heterocycles. The zero-order valence-corrected chi connectivity index (χ0v) is 15.8. The molecule has 0 aromatic heterocycles. The van der Waals surface area contributed by atoms with Crippen LogP contribution in [0.1, 0.15) is 59.8 Å². The zero-order chi connectivity index (χ0) is 19.3. The molecule has 1 heterocycles. The van der Waals surface area contributed by atoms with Crippen molar-refractivity contribution in [2.24, 2.45) is 0 Å². The fourth-order valence-corrected chi connectivity index (χ4v) is 3.47. The maximum atomic E-state index is 11.6. The molecule has 5 atom stereocenters. The van der Waals surface area contributed by atoms with Crippen LogP contribution in [0, 0.1) is 0 Å². The molecule has 0 N–H and O–H groups in total. The van der Waals surface area contributed by atoms with Crippen molar-refractivity contribution in [3.8, 4) is 0 Å². The first kappa shape index (κ1) is 20.6. The van der Waals surface area contributed by atoms with Crippen LogP contribution in [0.3, 0.4) is 0 Å². The van der Waals surface area contributed by atoms with Crippen LogP contribution in [0.25, 0.3) is 0 Å². The molecule has 1 saturated carbocycles. The van der Waals surface area contributed by atoms with Gasteiger partial charge < -0.3 is 23.7 Å². The average Bonchev–Trinajstić information content (AvgIpc) is 2.54. The van der Waals surface area contributed by atoms with E-state index in [1.54, 1.807) is 6.92 Å². The molecule has 0 unspecified atom stereocenters. The van der Waals surface area contributed by atoms with Crippen molar-refractivity contribution in [2.75, 3.05) is 0 Å². The first-order chi connectivity index (χ1) is 12.3. The standard InChI is InChI=1S/C18H28O8/c1-10-15(23-11(2)19)16(24-12(3)20)17(25-13(4)21)18(22-10)26-14-8-6-5-7-9-14/h10,14-18H,5-9H2,1-4H3/t10-,15+,16+,17-,18+/m0/s1. The topological polar surface area (TPSA) is 97.4 Å². The predicted octanol–water partition coefficient (Wildman–Crippen LogP) is 1.88. The largest absolute Gasteiger partial charge is 0.456 e. The molecule has 2 rings (SSSR count). The molecule has 2 aliphatic rings. The van der Waals surface area contributed by atoms with Crippen molar-refractivity contribution in [1.29, 1.82) is 0 Å². The van der Waals surface area contributed by atoms with Gasteiger partial charge in [-0.1, -0.05) is 19.3 Å². The van der Waals surface area contributed by atoms with Gasteiger partial charge in [-0.15, -0.1) is 0 Å². The third kappa shape index (κ3) is 5.67. The smallest absolute Gasteiger partial charge is 0.303 e. The second kappa shape index (κ2) is 9.32.